The Morgan fingerprint density at radius 1 is 0.931 bits per heavy atom. The van der Waals surface area contributed by atoms with Crippen molar-refractivity contribution in [3.8, 4) is 0 Å². The lowest BCUT2D eigenvalue weighted by molar-refractivity contribution is -0.498. The number of hydrogen-bond acceptors (Lipinski definition) is 13. The highest BCUT2D eigenvalue weighted by Gasteiger charge is 2.65. The molecule has 2 aliphatic heterocycles. The molecule has 0 aromatic carbocycles. The number of carbonyl (C=O) groups is 1. The number of aliphatic hydroxyl groups excluding tert-OH is 8. The topological polar surface area (TPSA) is 216 Å². The predicted molar refractivity (Wildman–Crippen MR) is 88.5 cm³/mol. The Labute approximate surface area is 164 Å². The highest BCUT2D eigenvalue weighted by atomic mass is 16.9. The van der Waals surface area contributed by atoms with Crippen LogP contribution in [0.1, 0.15) is 6.92 Å². The first kappa shape index (κ1) is 24.0. The highest BCUT2D eigenvalue weighted by Crippen LogP contribution is 2.41. The van der Waals surface area contributed by atoms with Gasteiger partial charge in [0.2, 0.25) is 5.79 Å². The van der Waals surface area contributed by atoms with Crippen LogP contribution in [0.25, 0.3) is 0 Å². The summed E-state index contributed by atoms with van der Waals surface area (Å²) in [7, 11) is 0. The molecule has 2 aliphatic rings. The fraction of sp³-hybridized carbons (Fsp3) is 0.812. The lowest BCUT2D eigenvalue weighted by atomic mass is 9.97. The molecule has 2 saturated heterocycles. The SMILES string of the molecule is C=C(C)C(=O)O[C@@]1(OC2(CO)O[C@H](CO)[C@@H](O)[C@@H]2O)O[C@H](CO)[C@@H](O)[C@H](O)[C@H]1O. The molecule has 29 heavy (non-hydrogen) atoms. The highest BCUT2D eigenvalue weighted by molar-refractivity contribution is 5.87. The molecule has 0 saturated carbocycles. The van der Waals surface area contributed by atoms with E-state index in [0.29, 0.717) is 0 Å². The van der Waals surface area contributed by atoms with Gasteiger partial charge in [-0.05, 0) is 6.92 Å². The maximum absolute atomic E-state index is 12.1. The molecule has 13 nitrogen and oxygen atoms in total. The molecule has 0 aromatic heterocycles. The molecule has 0 radical (unpaired) electrons. The number of hydrogen-bond donors (Lipinski definition) is 8. The van der Waals surface area contributed by atoms with E-state index in [1.807, 2.05) is 0 Å². The molecule has 2 rings (SSSR count). The van der Waals surface area contributed by atoms with Crippen molar-refractivity contribution in [1.82, 2.24) is 0 Å². The first-order valence-corrected chi connectivity index (χ1v) is 8.66. The summed E-state index contributed by atoms with van der Waals surface area (Å²) < 4.78 is 20.7. The fourth-order valence-corrected chi connectivity index (χ4v) is 3.01. The predicted octanol–water partition coefficient (Wildman–Crippen LogP) is -4.95. The Morgan fingerprint density at radius 2 is 1.48 bits per heavy atom. The lowest BCUT2D eigenvalue weighted by Crippen LogP contribution is -2.70. The van der Waals surface area contributed by atoms with Crippen molar-refractivity contribution >= 4 is 5.97 Å². The van der Waals surface area contributed by atoms with E-state index in [-0.39, 0.29) is 5.57 Å². The van der Waals surface area contributed by atoms with Gasteiger partial charge in [-0.1, -0.05) is 6.58 Å². The maximum atomic E-state index is 12.1. The van der Waals surface area contributed by atoms with Gasteiger partial charge in [-0.15, -0.1) is 0 Å². The molecular formula is C16H26O13. The van der Waals surface area contributed by atoms with Gasteiger partial charge in [0.15, 0.2) is 6.10 Å². The Morgan fingerprint density at radius 3 is 1.93 bits per heavy atom. The first-order chi connectivity index (χ1) is 13.5. The molecule has 0 aromatic rings. The number of esters is 1. The zero-order valence-electron chi connectivity index (χ0n) is 15.5. The fourth-order valence-electron chi connectivity index (χ4n) is 3.01. The van der Waals surface area contributed by atoms with E-state index in [0.717, 1.165) is 0 Å². The second kappa shape index (κ2) is 8.87. The van der Waals surface area contributed by atoms with Crippen molar-refractivity contribution in [3.05, 3.63) is 12.2 Å². The third-order valence-corrected chi connectivity index (χ3v) is 4.72. The second-order valence-corrected chi connectivity index (χ2v) is 6.88. The van der Waals surface area contributed by atoms with Gasteiger partial charge in [-0.3, -0.25) is 4.74 Å². The van der Waals surface area contributed by atoms with E-state index in [2.05, 4.69) is 6.58 Å². The maximum Gasteiger partial charge on any atom is 0.362 e. The normalized spacial score (nSPS) is 45.2. The third kappa shape index (κ3) is 4.17. The van der Waals surface area contributed by atoms with E-state index in [4.69, 9.17) is 18.9 Å². The van der Waals surface area contributed by atoms with Crippen molar-refractivity contribution in [1.29, 1.82) is 0 Å². The van der Waals surface area contributed by atoms with Gasteiger partial charge >= 0.3 is 11.9 Å². The molecule has 2 heterocycles. The van der Waals surface area contributed by atoms with Gasteiger partial charge in [-0.25, -0.2) is 4.79 Å². The van der Waals surface area contributed by atoms with Crippen molar-refractivity contribution in [2.45, 2.75) is 61.4 Å². The molecule has 0 amide bonds. The molecule has 8 N–H and O–H groups in total. The summed E-state index contributed by atoms with van der Waals surface area (Å²) in [6.45, 7) is 1.66. The monoisotopic (exact) mass is 426 g/mol. The zero-order valence-corrected chi connectivity index (χ0v) is 15.5. The summed E-state index contributed by atoms with van der Waals surface area (Å²) in [5.74, 6) is -6.81. The molecule has 13 heteroatoms. The van der Waals surface area contributed by atoms with E-state index in [1.165, 1.54) is 6.92 Å². The Bertz CT molecular complexity index is 612. The van der Waals surface area contributed by atoms with Crippen LogP contribution in [0.4, 0.5) is 0 Å². The van der Waals surface area contributed by atoms with Gasteiger partial charge in [0.1, 0.15) is 43.2 Å². The van der Waals surface area contributed by atoms with Crippen molar-refractivity contribution in [3.63, 3.8) is 0 Å². The van der Waals surface area contributed by atoms with Crippen LogP contribution in [0.15, 0.2) is 12.2 Å². The number of aliphatic hydroxyl groups is 8. The molecule has 168 valence electrons. The molecule has 0 spiro atoms. The van der Waals surface area contributed by atoms with Crippen molar-refractivity contribution < 1.29 is 64.6 Å². The third-order valence-electron chi connectivity index (χ3n) is 4.72. The van der Waals surface area contributed by atoms with E-state index in [9.17, 15) is 45.6 Å². The van der Waals surface area contributed by atoms with E-state index < -0.39 is 80.3 Å². The summed E-state index contributed by atoms with van der Waals surface area (Å²) in [6, 6.07) is 0. The molecule has 9 atom stereocenters. The number of carbonyl (C=O) groups excluding carboxylic acids is 1. The van der Waals surface area contributed by atoms with Crippen LogP contribution in [0, 0.1) is 0 Å². The largest absolute Gasteiger partial charge is 0.402 e. The van der Waals surface area contributed by atoms with Crippen molar-refractivity contribution in [2.24, 2.45) is 0 Å². The molecule has 0 bridgehead atoms. The minimum atomic E-state index is -3.02. The van der Waals surface area contributed by atoms with Crippen molar-refractivity contribution in [2.75, 3.05) is 19.8 Å². The van der Waals surface area contributed by atoms with Gasteiger partial charge in [0.05, 0.1) is 13.2 Å². The summed E-state index contributed by atoms with van der Waals surface area (Å²) in [4.78, 5) is 12.1. The van der Waals surface area contributed by atoms with Crippen LogP contribution in [0.3, 0.4) is 0 Å². The van der Waals surface area contributed by atoms with Crippen LogP contribution in [0.5, 0.6) is 0 Å². The number of ether oxygens (including phenoxy) is 4. The van der Waals surface area contributed by atoms with Gasteiger partial charge in [-0.2, -0.15) is 0 Å². The van der Waals surface area contributed by atoms with Crippen LogP contribution >= 0.6 is 0 Å². The Kier molecular flexibility index (Phi) is 7.35. The van der Waals surface area contributed by atoms with Crippen LogP contribution < -0.4 is 0 Å². The quantitative estimate of drug-likeness (QED) is 0.109. The average molecular weight is 426 g/mol. The van der Waals surface area contributed by atoms with Gasteiger partial charge in [0.25, 0.3) is 0 Å². The molecular weight excluding hydrogens is 400 g/mol. The summed E-state index contributed by atoms with van der Waals surface area (Å²) in [6.07, 6.45) is -13.1. The van der Waals surface area contributed by atoms with Crippen LogP contribution in [-0.4, -0.2) is 121 Å². The van der Waals surface area contributed by atoms with E-state index in [1.54, 1.807) is 0 Å². The van der Waals surface area contributed by atoms with Crippen LogP contribution in [0.2, 0.25) is 0 Å². The Balaban J connectivity index is 2.50. The standard InChI is InChI=1S/C16H26O13/c1-6(2)14(25)28-16(13(24)11(22)9(20)7(3-17)27-16)29-15(5-19)12(23)10(21)8(4-18)26-15/h7-13,17-24H,1,3-5H2,2H3/t7-,8-,9-,10-,11+,12+,13-,15?,16+/m1/s1. The van der Waals surface area contributed by atoms with Gasteiger partial charge in [0, 0.05) is 5.57 Å². The lowest BCUT2D eigenvalue weighted by Gasteiger charge is -2.49. The average Bonchev–Trinajstić information content (AvgIpc) is 2.93. The second-order valence-electron chi connectivity index (χ2n) is 6.88. The van der Waals surface area contributed by atoms with E-state index >= 15 is 0 Å². The zero-order chi connectivity index (χ0) is 22.1. The molecule has 1 unspecified atom stereocenters. The number of rotatable bonds is 7. The summed E-state index contributed by atoms with van der Waals surface area (Å²) >= 11 is 0. The molecule has 0 aliphatic carbocycles. The summed E-state index contributed by atoms with van der Waals surface area (Å²) in [5, 5.41) is 79.3. The van der Waals surface area contributed by atoms with Gasteiger partial charge < -0.3 is 55.1 Å². The van der Waals surface area contributed by atoms with Crippen LogP contribution in [-0.2, 0) is 23.7 Å². The Hall–Kier alpha value is -1.23. The smallest absolute Gasteiger partial charge is 0.362 e. The first-order valence-electron chi connectivity index (χ1n) is 8.66. The minimum Gasteiger partial charge on any atom is -0.402 e. The molecule has 2 fully saturated rings. The minimum absolute atomic E-state index is 0.204. The summed E-state index contributed by atoms with van der Waals surface area (Å²) in [5.41, 5.74) is -0.204.